The van der Waals surface area contributed by atoms with Crippen LogP contribution in [0.25, 0.3) is 0 Å². The summed E-state index contributed by atoms with van der Waals surface area (Å²) in [5, 5.41) is 21.3. The van der Waals surface area contributed by atoms with Crippen LogP contribution in [0.4, 0.5) is 5.13 Å². The molecule has 154 valence electrons. The molecule has 1 amide bonds. The number of nitrogens with one attached hydrogen (secondary N) is 1. The molecule has 1 atom stereocenters. The second kappa shape index (κ2) is 10.2. The summed E-state index contributed by atoms with van der Waals surface area (Å²) in [6.07, 6.45) is 0.520. The Balaban J connectivity index is 1.60. The summed E-state index contributed by atoms with van der Waals surface area (Å²) in [5.74, 6) is 1.53. The molecule has 2 aromatic heterocycles. The standard InChI is InChI=1S/C18H21BrN6O2S2/c1-4-15-21-23-17(29-15)20-14(26)10-28-18-24-22-16(25(18)5-2)11(3)27-13-8-6-12(19)7-9-13/h6-9,11H,4-5,10H2,1-3H3,(H,20,23,26). The van der Waals surface area contributed by atoms with Gasteiger partial charge in [0, 0.05) is 11.0 Å². The molecule has 0 aliphatic rings. The number of amides is 1. The van der Waals surface area contributed by atoms with Crippen LogP contribution in [0.2, 0.25) is 0 Å². The quantitative estimate of drug-likeness (QED) is 0.440. The minimum Gasteiger partial charge on any atom is -0.483 e. The molecule has 0 aliphatic heterocycles. The first-order chi connectivity index (χ1) is 14.0. The van der Waals surface area contributed by atoms with Gasteiger partial charge in [-0.1, -0.05) is 46.0 Å². The number of hydrogen-bond donors (Lipinski definition) is 1. The van der Waals surface area contributed by atoms with Gasteiger partial charge in [-0.25, -0.2) is 0 Å². The van der Waals surface area contributed by atoms with E-state index in [4.69, 9.17) is 4.74 Å². The molecule has 0 saturated heterocycles. The van der Waals surface area contributed by atoms with Crippen molar-refractivity contribution in [2.24, 2.45) is 0 Å². The van der Waals surface area contributed by atoms with Crippen LogP contribution >= 0.6 is 39.0 Å². The average molecular weight is 497 g/mol. The molecule has 1 unspecified atom stereocenters. The number of anilines is 1. The van der Waals surface area contributed by atoms with Crippen LogP contribution in [0.15, 0.2) is 33.9 Å². The lowest BCUT2D eigenvalue weighted by atomic mass is 10.3. The van der Waals surface area contributed by atoms with Gasteiger partial charge >= 0.3 is 0 Å². The lowest BCUT2D eigenvalue weighted by Gasteiger charge is -2.15. The number of benzene rings is 1. The van der Waals surface area contributed by atoms with Crippen LogP contribution in [0.1, 0.15) is 37.7 Å². The van der Waals surface area contributed by atoms with E-state index in [-0.39, 0.29) is 17.8 Å². The third-order valence-corrected chi connectivity index (χ3v) is 6.38. The summed E-state index contributed by atoms with van der Waals surface area (Å²) in [7, 11) is 0. The Kier molecular flexibility index (Phi) is 7.62. The Bertz CT molecular complexity index is 960. The number of nitrogens with zero attached hydrogens (tertiary/aromatic N) is 5. The van der Waals surface area contributed by atoms with Crippen molar-refractivity contribution in [2.45, 2.75) is 45.0 Å². The van der Waals surface area contributed by atoms with Gasteiger partial charge in [0.15, 0.2) is 17.1 Å². The van der Waals surface area contributed by atoms with E-state index in [0.29, 0.717) is 16.8 Å². The van der Waals surface area contributed by atoms with Crippen LogP contribution in [-0.4, -0.2) is 36.6 Å². The molecule has 1 N–H and O–H groups in total. The van der Waals surface area contributed by atoms with Crippen LogP contribution in [0, 0.1) is 0 Å². The first-order valence-electron chi connectivity index (χ1n) is 9.10. The maximum absolute atomic E-state index is 12.2. The Labute approximate surface area is 185 Å². The fourth-order valence-corrected chi connectivity index (χ4v) is 4.28. The summed E-state index contributed by atoms with van der Waals surface area (Å²) in [4.78, 5) is 12.2. The molecule has 2 heterocycles. The molecule has 1 aromatic carbocycles. The van der Waals surface area contributed by atoms with E-state index < -0.39 is 0 Å². The minimum atomic E-state index is -0.277. The average Bonchev–Trinajstić information content (AvgIpc) is 3.34. The normalized spacial score (nSPS) is 12.0. The number of carbonyl (C=O) groups is 1. The second-order valence-corrected chi connectivity index (χ2v) is 8.91. The molecule has 29 heavy (non-hydrogen) atoms. The molecular formula is C18H21BrN6O2S2. The maximum Gasteiger partial charge on any atom is 0.236 e. The van der Waals surface area contributed by atoms with Crippen molar-refractivity contribution in [1.29, 1.82) is 0 Å². The molecule has 11 heteroatoms. The third kappa shape index (κ3) is 5.77. The van der Waals surface area contributed by atoms with Crippen molar-refractivity contribution < 1.29 is 9.53 Å². The number of aromatic nitrogens is 5. The zero-order valence-corrected chi connectivity index (χ0v) is 19.5. The molecule has 0 fully saturated rings. The molecule has 0 radical (unpaired) electrons. The molecule has 3 aromatic rings. The van der Waals surface area contributed by atoms with Gasteiger partial charge in [-0.3, -0.25) is 10.1 Å². The highest BCUT2D eigenvalue weighted by atomic mass is 79.9. The Morgan fingerprint density at radius 3 is 2.66 bits per heavy atom. The lowest BCUT2D eigenvalue weighted by molar-refractivity contribution is -0.113. The zero-order valence-electron chi connectivity index (χ0n) is 16.3. The summed E-state index contributed by atoms with van der Waals surface area (Å²) < 4.78 is 8.93. The largest absolute Gasteiger partial charge is 0.483 e. The number of halogens is 1. The highest BCUT2D eigenvalue weighted by Crippen LogP contribution is 2.26. The van der Waals surface area contributed by atoms with Gasteiger partial charge in [0.25, 0.3) is 0 Å². The van der Waals surface area contributed by atoms with Crippen molar-refractivity contribution in [2.75, 3.05) is 11.1 Å². The highest BCUT2D eigenvalue weighted by Gasteiger charge is 2.19. The molecule has 0 aliphatic carbocycles. The molecule has 0 spiro atoms. The molecular weight excluding hydrogens is 476 g/mol. The predicted octanol–water partition coefficient (Wildman–Crippen LogP) is 4.35. The summed E-state index contributed by atoms with van der Waals surface area (Å²) in [6.45, 7) is 6.62. The van der Waals surface area contributed by atoms with Gasteiger partial charge in [0.05, 0.1) is 5.75 Å². The molecule has 8 nitrogen and oxygen atoms in total. The Hall–Kier alpha value is -1.98. The zero-order chi connectivity index (χ0) is 20.8. The van der Waals surface area contributed by atoms with Gasteiger partial charge in [0.2, 0.25) is 11.0 Å². The van der Waals surface area contributed by atoms with Gasteiger partial charge in [-0.05, 0) is 44.5 Å². The monoisotopic (exact) mass is 496 g/mol. The number of carbonyl (C=O) groups excluding carboxylic acids is 1. The summed E-state index contributed by atoms with van der Waals surface area (Å²) >= 11 is 6.13. The van der Waals surface area contributed by atoms with E-state index in [1.807, 2.05) is 49.6 Å². The Morgan fingerprint density at radius 2 is 2.00 bits per heavy atom. The van der Waals surface area contributed by atoms with E-state index in [0.717, 1.165) is 27.5 Å². The van der Waals surface area contributed by atoms with Gasteiger partial charge in [-0.2, -0.15) is 0 Å². The number of aryl methyl sites for hydroxylation is 1. The minimum absolute atomic E-state index is 0.153. The number of thioether (sulfide) groups is 1. The van der Waals surface area contributed by atoms with E-state index in [2.05, 4.69) is 41.6 Å². The van der Waals surface area contributed by atoms with Gasteiger partial charge in [-0.15, -0.1) is 20.4 Å². The van der Waals surface area contributed by atoms with Crippen LogP contribution in [0.5, 0.6) is 5.75 Å². The first kappa shape index (κ1) is 21.7. The predicted molar refractivity (Wildman–Crippen MR) is 118 cm³/mol. The lowest BCUT2D eigenvalue weighted by Crippen LogP contribution is -2.15. The highest BCUT2D eigenvalue weighted by molar-refractivity contribution is 9.10. The van der Waals surface area contributed by atoms with Crippen molar-refractivity contribution in [3.63, 3.8) is 0 Å². The molecule has 0 bridgehead atoms. The topological polar surface area (TPSA) is 94.8 Å². The SMILES string of the molecule is CCc1nnc(NC(=O)CSc2nnc(C(C)Oc3ccc(Br)cc3)n2CC)s1. The smallest absolute Gasteiger partial charge is 0.236 e. The van der Waals surface area contributed by atoms with E-state index >= 15 is 0 Å². The molecule has 3 rings (SSSR count). The van der Waals surface area contributed by atoms with Crippen molar-refractivity contribution in [3.8, 4) is 5.75 Å². The van der Waals surface area contributed by atoms with Crippen molar-refractivity contribution in [3.05, 3.63) is 39.6 Å². The third-order valence-electron chi connectivity index (χ3n) is 3.90. The van der Waals surface area contributed by atoms with Gasteiger partial charge in [0.1, 0.15) is 10.8 Å². The van der Waals surface area contributed by atoms with E-state index in [1.54, 1.807) is 0 Å². The first-order valence-corrected chi connectivity index (χ1v) is 11.7. The summed E-state index contributed by atoms with van der Waals surface area (Å²) in [5.41, 5.74) is 0. The van der Waals surface area contributed by atoms with Crippen LogP contribution in [-0.2, 0) is 17.8 Å². The van der Waals surface area contributed by atoms with Crippen molar-refractivity contribution in [1.82, 2.24) is 25.0 Å². The van der Waals surface area contributed by atoms with E-state index in [1.165, 1.54) is 23.1 Å². The van der Waals surface area contributed by atoms with Gasteiger partial charge < -0.3 is 9.30 Å². The van der Waals surface area contributed by atoms with Crippen LogP contribution < -0.4 is 10.1 Å². The van der Waals surface area contributed by atoms with E-state index in [9.17, 15) is 4.79 Å². The second-order valence-electron chi connectivity index (χ2n) is 5.99. The fraction of sp³-hybridized carbons (Fsp3) is 0.389. The Morgan fingerprint density at radius 1 is 1.24 bits per heavy atom. The number of ether oxygens (including phenoxy) is 1. The fourth-order valence-electron chi connectivity index (χ4n) is 2.51. The van der Waals surface area contributed by atoms with Crippen LogP contribution in [0.3, 0.4) is 0 Å². The van der Waals surface area contributed by atoms with Crippen molar-refractivity contribution >= 4 is 50.1 Å². The summed E-state index contributed by atoms with van der Waals surface area (Å²) in [6, 6.07) is 7.64. The number of rotatable bonds is 9. The molecule has 0 saturated carbocycles. The number of hydrogen-bond acceptors (Lipinski definition) is 8. The maximum atomic E-state index is 12.2.